The normalized spacial score (nSPS) is 12.4. The second-order valence-electron chi connectivity index (χ2n) is 6.22. The van der Waals surface area contributed by atoms with Gasteiger partial charge in [-0.05, 0) is 29.8 Å². The Morgan fingerprint density at radius 2 is 1.90 bits per heavy atom. The zero-order valence-electron chi connectivity index (χ0n) is 14.6. The van der Waals surface area contributed by atoms with Gasteiger partial charge in [-0.1, -0.05) is 17.4 Å². The van der Waals surface area contributed by atoms with Crippen LogP contribution in [0, 0.1) is 10.1 Å². The first kappa shape index (κ1) is 17.3. The van der Waals surface area contributed by atoms with E-state index in [0.29, 0.717) is 27.0 Å². The molecule has 2 aromatic carbocycles. The first-order valence-electron chi connectivity index (χ1n) is 8.47. The fourth-order valence-electron chi connectivity index (χ4n) is 2.94. The molecule has 0 bridgehead atoms. The lowest BCUT2D eigenvalue weighted by molar-refractivity contribution is -0.384. The van der Waals surface area contributed by atoms with E-state index in [1.54, 1.807) is 18.2 Å². The van der Waals surface area contributed by atoms with Crippen LogP contribution < -0.4 is 15.0 Å². The Morgan fingerprint density at radius 3 is 2.69 bits per heavy atom. The maximum absolute atomic E-state index is 12.8. The molecule has 0 saturated carbocycles. The molecule has 11 heteroatoms. The molecule has 0 unspecified atom stereocenters. The Hall–Kier alpha value is -3.86. The molecule has 0 amide bonds. The monoisotopic (exact) mass is 409 g/mol. The molecule has 0 saturated heterocycles. The highest BCUT2D eigenvalue weighted by atomic mass is 32.1. The van der Waals surface area contributed by atoms with Gasteiger partial charge in [0.2, 0.25) is 11.8 Å². The van der Waals surface area contributed by atoms with Gasteiger partial charge in [-0.3, -0.25) is 14.9 Å². The van der Waals surface area contributed by atoms with Crippen molar-refractivity contribution in [1.82, 2.24) is 19.8 Å². The second-order valence-corrected chi connectivity index (χ2v) is 7.18. The average Bonchev–Trinajstić information content (AvgIpc) is 3.37. The van der Waals surface area contributed by atoms with Crippen molar-refractivity contribution >= 4 is 22.0 Å². The minimum Gasteiger partial charge on any atom is -0.454 e. The number of ether oxygens (including phenoxy) is 2. The van der Waals surface area contributed by atoms with Crippen LogP contribution in [0.3, 0.4) is 0 Å². The number of benzene rings is 2. The van der Waals surface area contributed by atoms with E-state index in [0.717, 1.165) is 5.56 Å². The number of non-ortho nitro benzene ring substituents is 1. The lowest BCUT2D eigenvalue weighted by Gasteiger charge is -2.02. The molecule has 0 radical (unpaired) electrons. The zero-order chi connectivity index (χ0) is 20.0. The third-order valence-corrected chi connectivity index (χ3v) is 5.34. The topological polar surface area (TPSA) is 122 Å². The standard InChI is InChI=1S/C18H11N5O5S/c24-17-13(7-10-1-6-14-15(8-10)28-9-27-14)19-20-18-22(17)21-16(29-18)11-2-4-12(5-3-11)23(25)26/h1-6,8H,7,9H2. The molecular formula is C18H11N5O5S. The van der Waals surface area contributed by atoms with Gasteiger partial charge in [-0.15, -0.1) is 10.2 Å². The molecule has 5 rings (SSSR count). The van der Waals surface area contributed by atoms with E-state index in [-0.39, 0.29) is 30.2 Å². The van der Waals surface area contributed by atoms with Gasteiger partial charge in [0.1, 0.15) is 10.7 Å². The fraction of sp³-hybridized carbons (Fsp3) is 0.111. The Kier molecular flexibility index (Phi) is 3.95. The fourth-order valence-corrected chi connectivity index (χ4v) is 3.79. The number of nitro benzene ring substituents is 1. The van der Waals surface area contributed by atoms with Crippen LogP contribution in [-0.2, 0) is 6.42 Å². The molecule has 29 heavy (non-hydrogen) atoms. The number of aromatic nitrogens is 4. The molecule has 0 aliphatic carbocycles. The summed E-state index contributed by atoms with van der Waals surface area (Å²) in [6.45, 7) is 0.178. The lowest BCUT2D eigenvalue weighted by Crippen LogP contribution is -2.22. The number of fused-ring (bicyclic) bond motifs is 2. The summed E-state index contributed by atoms with van der Waals surface area (Å²) in [6.07, 6.45) is 0.274. The first-order chi connectivity index (χ1) is 14.1. The van der Waals surface area contributed by atoms with E-state index < -0.39 is 4.92 Å². The van der Waals surface area contributed by atoms with Crippen molar-refractivity contribution in [2.24, 2.45) is 0 Å². The summed E-state index contributed by atoms with van der Waals surface area (Å²) in [5.41, 5.74) is 1.37. The lowest BCUT2D eigenvalue weighted by atomic mass is 10.1. The number of hydrogen-bond acceptors (Lipinski definition) is 9. The Balaban J connectivity index is 1.48. The zero-order valence-corrected chi connectivity index (χ0v) is 15.5. The number of hydrogen-bond donors (Lipinski definition) is 0. The maximum atomic E-state index is 12.8. The van der Waals surface area contributed by atoms with E-state index in [4.69, 9.17) is 9.47 Å². The third kappa shape index (κ3) is 3.06. The minimum atomic E-state index is -0.472. The summed E-state index contributed by atoms with van der Waals surface area (Å²) in [7, 11) is 0. The summed E-state index contributed by atoms with van der Waals surface area (Å²) in [5.74, 6) is 1.30. The molecular weight excluding hydrogens is 398 g/mol. The van der Waals surface area contributed by atoms with E-state index in [2.05, 4.69) is 15.3 Å². The van der Waals surface area contributed by atoms with Gasteiger partial charge in [0.05, 0.1) is 4.92 Å². The molecule has 1 aliphatic heterocycles. The van der Waals surface area contributed by atoms with Crippen molar-refractivity contribution in [3.8, 4) is 22.1 Å². The van der Waals surface area contributed by atoms with Gasteiger partial charge in [0.15, 0.2) is 11.5 Å². The molecule has 0 fully saturated rings. The van der Waals surface area contributed by atoms with Crippen LogP contribution in [0.15, 0.2) is 47.3 Å². The summed E-state index contributed by atoms with van der Waals surface area (Å²) in [5, 5.41) is 23.8. The predicted octanol–water partition coefficient (Wildman–Crippen LogP) is 2.44. The summed E-state index contributed by atoms with van der Waals surface area (Å²) < 4.78 is 11.9. The van der Waals surface area contributed by atoms with Gasteiger partial charge in [-0.25, -0.2) is 0 Å². The van der Waals surface area contributed by atoms with Crippen molar-refractivity contribution in [3.63, 3.8) is 0 Å². The van der Waals surface area contributed by atoms with Crippen LogP contribution in [0.5, 0.6) is 11.5 Å². The first-order valence-corrected chi connectivity index (χ1v) is 9.29. The third-order valence-electron chi connectivity index (χ3n) is 4.39. The van der Waals surface area contributed by atoms with Crippen molar-refractivity contribution in [1.29, 1.82) is 0 Å². The van der Waals surface area contributed by atoms with E-state index >= 15 is 0 Å². The molecule has 4 aromatic rings. The molecule has 1 aliphatic rings. The molecule has 2 aromatic heterocycles. The Bertz CT molecular complexity index is 1310. The summed E-state index contributed by atoms with van der Waals surface area (Å²) in [6, 6.07) is 11.4. The highest BCUT2D eigenvalue weighted by molar-refractivity contribution is 7.19. The largest absolute Gasteiger partial charge is 0.454 e. The highest BCUT2D eigenvalue weighted by Gasteiger charge is 2.17. The Labute approximate surface area is 166 Å². The van der Waals surface area contributed by atoms with Crippen molar-refractivity contribution in [2.75, 3.05) is 6.79 Å². The predicted molar refractivity (Wildman–Crippen MR) is 102 cm³/mol. The Morgan fingerprint density at radius 1 is 1.10 bits per heavy atom. The number of nitro groups is 1. The highest BCUT2D eigenvalue weighted by Crippen LogP contribution is 2.33. The van der Waals surface area contributed by atoms with Crippen molar-refractivity contribution in [3.05, 3.63) is 74.2 Å². The van der Waals surface area contributed by atoms with Crippen LogP contribution in [0.2, 0.25) is 0 Å². The van der Waals surface area contributed by atoms with Crippen LogP contribution >= 0.6 is 11.3 Å². The molecule has 0 spiro atoms. The second kappa shape index (κ2) is 6.63. The van der Waals surface area contributed by atoms with Crippen LogP contribution in [0.1, 0.15) is 11.3 Å². The van der Waals surface area contributed by atoms with Crippen molar-refractivity contribution < 1.29 is 14.4 Å². The van der Waals surface area contributed by atoms with E-state index in [9.17, 15) is 14.9 Å². The van der Waals surface area contributed by atoms with Gasteiger partial charge in [0.25, 0.3) is 11.2 Å². The van der Waals surface area contributed by atoms with Crippen molar-refractivity contribution in [2.45, 2.75) is 6.42 Å². The van der Waals surface area contributed by atoms with Crippen LogP contribution in [-0.4, -0.2) is 31.5 Å². The van der Waals surface area contributed by atoms with Gasteiger partial charge >= 0.3 is 0 Å². The SMILES string of the molecule is O=c1c(Cc2ccc3c(c2)OCO3)nnc2sc(-c3ccc([N+](=O)[O-])cc3)nn12. The molecule has 3 heterocycles. The van der Waals surface area contributed by atoms with Gasteiger partial charge < -0.3 is 9.47 Å². The minimum absolute atomic E-state index is 0.0159. The van der Waals surface area contributed by atoms with E-state index in [1.807, 2.05) is 12.1 Å². The summed E-state index contributed by atoms with van der Waals surface area (Å²) in [4.78, 5) is 23.5. The average molecular weight is 409 g/mol. The van der Waals surface area contributed by atoms with Crippen LogP contribution in [0.25, 0.3) is 15.5 Å². The molecule has 144 valence electrons. The van der Waals surface area contributed by atoms with E-state index in [1.165, 1.54) is 28.0 Å². The molecule has 0 atom stereocenters. The smallest absolute Gasteiger partial charge is 0.297 e. The van der Waals surface area contributed by atoms with Crippen LogP contribution in [0.4, 0.5) is 5.69 Å². The quantitative estimate of drug-likeness (QED) is 0.372. The number of rotatable bonds is 4. The molecule has 0 N–H and O–H groups in total. The maximum Gasteiger partial charge on any atom is 0.297 e. The molecule has 10 nitrogen and oxygen atoms in total. The number of nitrogens with zero attached hydrogens (tertiary/aromatic N) is 5. The van der Waals surface area contributed by atoms with Gasteiger partial charge in [-0.2, -0.15) is 9.61 Å². The summed E-state index contributed by atoms with van der Waals surface area (Å²) >= 11 is 1.18. The van der Waals surface area contributed by atoms with Gasteiger partial charge in [0, 0.05) is 24.1 Å².